The van der Waals surface area contributed by atoms with Crippen molar-refractivity contribution in [3.05, 3.63) is 0 Å². The Labute approximate surface area is 112 Å². The summed E-state index contributed by atoms with van der Waals surface area (Å²) in [5.74, 6) is -3.95. The van der Waals surface area contributed by atoms with Gasteiger partial charge in [0.2, 0.25) is 0 Å². The van der Waals surface area contributed by atoms with Gasteiger partial charge in [-0.1, -0.05) is 0 Å². The minimum Gasteiger partial charge on any atom is -1.00 e. The van der Waals surface area contributed by atoms with Crippen LogP contribution in [0.25, 0.3) is 0 Å². The first-order valence-electron chi connectivity index (χ1n) is 3.40. The number of carboxylic acid groups (broad SMARTS) is 2. The Balaban J connectivity index is -0.0000000558. The van der Waals surface area contributed by atoms with Gasteiger partial charge in [0.15, 0.2) is 0 Å². The summed E-state index contributed by atoms with van der Waals surface area (Å²) in [5.41, 5.74) is 0. The number of carbonyl (C=O) groups is 2. The van der Waals surface area contributed by atoms with Crippen LogP contribution < -0.4 is 18.9 Å². The van der Waals surface area contributed by atoms with Gasteiger partial charge in [0, 0.05) is 0 Å². The molecule has 2 N–H and O–H groups in total. The van der Waals surface area contributed by atoms with E-state index < -0.39 is 32.6 Å². The number of rotatable bonds is 2. The Hall–Kier alpha value is -0.963. The van der Waals surface area contributed by atoms with Gasteiger partial charge in [-0.2, -0.15) is 0 Å². The van der Waals surface area contributed by atoms with Gasteiger partial charge in [-0.15, -0.1) is 0 Å². The number of hydrogen-bond acceptors (Lipinski definition) is 2. The summed E-state index contributed by atoms with van der Waals surface area (Å²) >= 11 is 0. The van der Waals surface area contributed by atoms with Crippen LogP contribution in [0.15, 0.2) is 0 Å². The predicted molar refractivity (Wildman–Crippen MR) is 41.7 cm³/mol. The topological polar surface area (TPSA) is 74.6 Å². The number of alkyl halides is 1. The average molecular weight is 304 g/mol. The van der Waals surface area contributed by atoms with Gasteiger partial charge < -0.3 is 46.2 Å². The van der Waals surface area contributed by atoms with Crippen LogP contribution in [-0.4, -0.2) is 42.8 Å². The van der Waals surface area contributed by atoms with Crippen molar-refractivity contribution in [3.8, 4) is 0 Å². The molecular formula is C3H4B2F9LiO4-2. The molecule has 0 aliphatic heterocycles. The first-order valence-corrected chi connectivity index (χ1v) is 3.40. The quantitative estimate of drug-likeness (QED) is 0.398. The van der Waals surface area contributed by atoms with E-state index in [1.807, 2.05) is 0 Å². The molecule has 0 atom stereocenters. The molecule has 19 heavy (non-hydrogen) atoms. The fraction of sp³-hybridized carbons (Fsp3) is 0.333. The van der Waals surface area contributed by atoms with E-state index in [1.54, 1.807) is 0 Å². The second-order valence-corrected chi connectivity index (χ2v) is 2.03. The monoisotopic (exact) mass is 304 g/mol. The Morgan fingerprint density at radius 3 is 0.895 bits per heavy atom. The molecule has 0 aromatic carbocycles. The fourth-order valence-corrected chi connectivity index (χ4v) is 0.106. The van der Waals surface area contributed by atoms with Crippen molar-refractivity contribution in [2.75, 3.05) is 0 Å². The standard InChI is InChI=1S/C3H3FO4.2BF4.Li.H/c4-1(2(5)6)3(7)8;2*2-1(3,4)5;;/h1H,(H,5,6)(H,7,8);;;;/q;2*-1;+1;-1. The van der Waals surface area contributed by atoms with Crippen LogP contribution in [0.4, 0.5) is 38.9 Å². The van der Waals surface area contributed by atoms with Gasteiger partial charge in [0.05, 0.1) is 0 Å². The molecule has 0 aromatic heterocycles. The number of hydrogen-bond donors (Lipinski definition) is 2. The molecular weight excluding hydrogens is 300 g/mol. The van der Waals surface area contributed by atoms with Crippen LogP contribution in [-0.2, 0) is 9.59 Å². The normalized spacial score (nSPS) is 10.2. The molecule has 0 aliphatic rings. The van der Waals surface area contributed by atoms with Crippen LogP contribution in [0.5, 0.6) is 0 Å². The molecule has 0 saturated heterocycles. The number of halogens is 9. The fourth-order valence-electron chi connectivity index (χ4n) is 0.106. The summed E-state index contributed by atoms with van der Waals surface area (Å²) < 4.78 is 89.4. The minimum absolute atomic E-state index is 0. The summed E-state index contributed by atoms with van der Waals surface area (Å²) in [6.07, 6.45) is -2.80. The zero-order valence-electron chi connectivity index (χ0n) is 9.84. The molecule has 4 nitrogen and oxygen atoms in total. The van der Waals surface area contributed by atoms with Gasteiger partial charge in [0.1, 0.15) is 0 Å². The van der Waals surface area contributed by atoms with E-state index in [0.717, 1.165) is 0 Å². The molecule has 0 spiro atoms. The predicted octanol–water partition coefficient (Wildman–Crippen LogP) is -0.790. The molecule has 0 unspecified atom stereocenters. The molecule has 0 amide bonds. The molecule has 112 valence electrons. The maximum atomic E-state index is 11.4. The second kappa shape index (κ2) is 10.9. The SMILES string of the molecule is F[B-](F)(F)F.F[B-](F)(F)F.O=C(O)C(F)C(=O)O.[H-].[Li+]. The van der Waals surface area contributed by atoms with E-state index in [1.165, 1.54) is 0 Å². The van der Waals surface area contributed by atoms with E-state index >= 15 is 0 Å². The van der Waals surface area contributed by atoms with Crippen molar-refractivity contribution < 1.29 is 79.0 Å². The van der Waals surface area contributed by atoms with Gasteiger partial charge in [0.25, 0.3) is 6.17 Å². The third-order valence-corrected chi connectivity index (χ3v) is 0.434. The van der Waals surface area contributed by atoms with E-state index in [9.17, 15) is 48.5 Å². The van der Waals surface area contributed by atoms with Gasteiger partial charge >= 0.3 is 45.3 Å². The third-order valence-electron chi connectivity index (χ3n) is 0.434. The molecule has 0 bridgehead atoms. The van der Waals surface area contributed by atoms with Crippen molar-refractivity contribution in [2.45, 2.75) is 6.17 Å². The Morgan fingerprint density at radius 2 is 0.895 bits per heavy atom. The van der Waals surface area contributed by atoms with Crippen LogP contribution in [0, 0.1) is 0 Å². The molecule has 0 fully saturated rings. The Bertz CT molecular complexity index is 235. The largest absolute Gasteiger partial charge is 1.00 e. The van der Waals surface area contributed by atoms with Crippen molar-refractivity contribution >= 4 is 26.4 Å². The van der Waals surface area contributed by atoms with Crippen molar-refractivity contribution in [2.24, 2.45) is 0 Å². The van der Waals surface area contributed by atoms with Gasteiger partial charge in [-0.05, 0) is 0 Å². The maximum Gasteiger partial charge on any atom is 1.00 e. The third kappa shape index (κ3) is 77.8. The van der Waals surface area contributed by atoms with Gasteiger partial charge in [-0.3, -0.25) is 0 Å². The molecule has 0 aromatic rings. The summed E-state index contributed by atoms with van der Waals surface area (Å²) in [6, 6.07) is 0. The first-order chi connectivity index (χ1) is 7.55. The number of aliphatic carboxylic acids is 2. The smallest absolute Gasteiger partial charge is 1.00 e. The Morgan fingerprint density at radius 1 is 0.789 bits per heavy atom. The number of carboxylic acids is 2. The van der Waals surface area contributed by atoms with Crippen LogP contribution in [0.3, 0.4) is 0 Å². The first kappa shape index (κ1) is 26.6. The van der Waals surface area contributed by atoms with Crippen molar-refractivity contribution in [1.29, 1.82) is 0 Å². The van der Waals surface area contributed by atoms with E-state index in [-0.39, 0.29) is 20.3 Å². The zero-order valence-corrected chi connectivity index (χ0v) is 8.84. The molecule has 0 heterocycles. The van der Waals surface area contributed by atoms with Crippen LogP contribution >= 0.6 is 0 Å². The molecule has 0 rings (SSSR count). The summed E-state index contributed by atoms with van der Waals surface area (Å²) in [6.45, 7) is 0. The zero-order chi connectivity index (χ0) is 15.7. The van der Waals surface area contributed by atoms with Crippen LogP contribution in [0.2, 0.25) is 0 Å². The van der Waals surface area contributed by atoms with Crippen molar-refractivity contribution in [1.82, 2.24) is 0 Å². The van der Waals surface area contributed by atoms with E-state index in [0.29, 0.717) is 0 Å². The maximum absolute atomic E-state index is 11.4. The summed E-state index contributed by atoms with van der Waals surface area (Å²) in [4.78, 5) is 18.8. The van der Waals surface area contributed by atoms with E-state index in [4.69, 9.17) is 10.2 Å². The molecule has 0 saturated carbocycles. The average Bonchev–Trinajstić information content (AvgIpc) is 1.95. The molecule has 16 heteroatoms. The minimum atomic E-state index is -6.00. The molecule has 0 radical (unpaired) electrons. The summed E-state index contributed by atoms with van der Waals surface area (Å²) in [7, 11) is -12.0. The second-order valence-electron chi connectivity index (χ2n) is 2.03. The van der Waals surface area contributed by atoms with E-state index in [2.05, 4.69) is 0 Å². The van der Waals surface area contributed by atoms with Crippen molar-refractivity contribution in [3.63, 3.8) is 0 Å². The Kier molecular flexibility index (Phi) is 15.3. The summed E-state index contributed by atoms with van der Waals surface area (Å²) in [5, 5.41) is 15.2. The van der Waals surface area contributed by atoms with Gasteiger partial charge in [-0.25, -0.2) is 14.0 Å². The van der Waals surface area contributed by atoms with Crippen LogP contribution in [0.1, 0.15) is 1.43 Å². The molecule has 0 aliphatic carbocycles.